The van der Waals surface area contributed by atoms with Crippen molar-refractivity contribution in [3.63, 3.8) is 0 Å². The zero-order valence-electron chi connectivity index (χ0n) is 12.1. The predicted molar refractivity (Wildman–Crippen MR) is 77.7 cm³/mol. The van der Waals surface area contributed by atoms with Gasteiger partial charge < -0.3 is 4.90 Å². The van der Waals surface area contributed by atoms with Gasteiger partial charge in [-0.2, -0.15) is 5.10 Å². The van der Waals surface area contributed by atoms with Crippen LogP contribution in [0.25, 0.3) is 0 Å². The molecule has 2 aromatic rings. The minimum absolute atomic E-state index is 0.0324. The molecule has 1 amide bonds. The van der Waals surface area contributed by atoms with Crippen molar-refractivity contribution in [2.24, 2.45) is 0 Å². The third kappa shape index (κ3) is 2.94. The van der Waals surface area contributed by atoms with Crippen LogP contribution in [0.2, 0.25) is 0 Å². The lowest BCUT2D eigenvalue weighted by Gasteiger charge is -2.35. The summed E-state index contributed by atoms with van der Waals surface area (Å²) in [5.74, 6) is 0.0324. The first-order valence-electron chi connectivity index (χ1n) is 7.30. The Kier molecular flexibility index (Phi) is 3.94. The number of aryl methyl sites for hydroxylation is 1. The standard InChI is InChI=1S/C15H19N5O/c1-12-14(9-16-11-17-12)15(21)20-8-3-2-5-13(20)10-19-7-4-6-18-19/h4,6-7,9,11,13H,2-3,5,8,10H2,1H3/t13-/m1/s1. The number of hydrogen-bond acceptors (Lipinski definition) is 4. The van der Waals surface area contributed by atoms with Crippen molar-refractivity contribution in [1.29, 1.82) is 0 Å². The summed E-state index contributed by atoms with van der Waals surface area (Å²) in [5, 5.41) is 4.25. The molecule has 1 saturated heterocycles. The maximum Gasteiger partial charge on any atom is 0.257 e. The lowest BCUT2D eigenvalue weighted by molar-refractivity contribution is 0.0582. The predicted octanol–water partition coefficient (Wildman–Crippen LogP) is 1.68. The van der Waals surface area contributed by atoms with E-state index in [1.807, 2.05) is 28.8 Å². The normalized spacial score (nSPS) is 18.7. The Labute approximate surface area is 123 Å². The molecule has 6 nitrogen and oxygen atoms in total. The Morgan fingerprint density at radius 2 is 2.33 bits per heavy atom. The van der Waals surface area contributed by atoms with Crippen molar-refractivity contribution < 1.29 is 4.79 Å². The number of aromatic nitrogens is 4. The lowest BCUT2D eigenvalue weighted by Crippen LogP contribution is -2.46. The fraction of sp³-hybridized carbons (Fsp3) is 0.467. The molecule has 1 aliphatic heterocycles. The number of carbonyl (C=O) groups excluding carboxylic acids is 1. The van der Waals surface area contributed by atoms with Gasteiger partial charge in [0.25, 0.3) is 5.91 Å². The average Bonchev–Trinajstić information content (AvgIpc) is 3.01. The number of piperidine rings is 1. The first-order valence-corrected chi connectivity index (χ1v) is 7.30. The maximum absolute atomic E-state index is 12.8. The molecule has 0 saturated carbocycles. The van der Waals surface area contributed by atoms with Gasteiger partial charge in [-0.1, -0.05) is 0 Å². The van der Waals surface area contributed by atoms with Crippen molar-refractivity contribution in [3.8, 4) is 0 Å². The first kappa shape index (κ1) is 13.7. The quantitative estimate of drug-likeness (QED) is 0.860. The van der Waals surface area contributed by atoms with E-state index < -0.39 is 0 Å². The highest BCUT2D eigenvalue weighted by Crippen LogP contribution is 2.21. The van der Waals surface area contributed by atoms with Crippen LogP contribution in [0, 0.1) is 6.92 Å². The Bertz CT molecular complexity index is 610. The summed E-state index contributed by atoms with van der Waals surface area (Å²) in [5.41, 5.74) is 1.34. The Balaban J connectivity index is 1.80. The molecule has 0 aliphatic carbocycles. The van der Waals surface area contributed by atoms with E-state index in [0.29, 0.717) is 5.56 Å². The molecule has 110 valence electrons. The second-order valence-electron chi connectivity index (χ2n) is 5.40. The zero-order valence-corrected chi connectivity index (χ0v) is 12.1. The molecule has 0 spiro atoms. The molecule has 6 heteroatoms. The molecule has 3 heterocycles. The summed E-state index contributed by atoms with van der Waals surface area (Å²) in [6.45, 7) is 3.38. The fourth-order valence-corrected chi connectivity index (χ4v) is 2.84. The minimum atomic E-state index is 0.0324. The lowest BCUT2D eigenvalue weighted by atomic mass is 10.0. The van der Waals surface area contributed by atoms with Gasteiger partial charge in [-0.25, -0.2) is 9.97 Å². The smallest absolute Gasteiger partial charge is 0.257 e. The summed E-state index contributed by atoms with van der Waals surface area (Å²) >= 11 is 0. The highest BCUT2D eigenvalue weighted by Gasteiger charge is 2.28. The van der Waals surface area contributed by atoms with E-state index in [4.69, 9.17) is 0 Å². The van der Waals surface area contributed by atoms with Crippen LogP contribution in [-0.4, -0.2) is 43.1 Å². The number of rotatable bonds is 3. The van der Waals surface area contributed by atoms with Gasteiger partial charge in [0.1, 0.15) is 6.33 Å². The van der Waals surface area contributed by atoms with Crippen molar-refractivity contribution in [1.82, 2.24) is 24.6 Å². The molecule has 0 bridgehead atoms. The Morgan fingerprint density at radius 3 is 3.10 bits per heavy atom. The van der Waals surface area contributed by atoms with Crippen molar-refractivity contribution in [2.45, 2.75) is 38.8 Å². The highest BCUT2D eigenvalue weighted by molar-refractivity contribution is 5.95. The third-order valence-corrected chi connectivity index (χ3v) is 3.99. The van der Waals surface area contributed by atoms with Crippen molar-refractivity contribution in [2.75, 3.05) is 6.54 Å². The summed E-state index contributed by atoms with van der Waals surface area (Å²) < 4.78 is 1.89. The maximum atomic E-state index is 12.8. The molecule has 0 N–H and O–H groups in total. The molecule has 21 heavy (non-hydrogen) atoms. The van der Waals surface area contributed by atoms with Gasteiger partial charge in [-0.15, -0.1) is 0 Å². The van der Waals surface area contributed by atoms with E-state index in [9.17, 15) is 4.79 Å². The monoisotopic (exact) mass is 285 g/mol. The second-order valence-corrected chi connectivity index (χ2v) is 5.40. The fourth-order valence-electron chi connectivity index (χ4n) is 2.84. The first-order chi connectivity index (χ1) is 10.3. The van der Waals surface area contributed by atoms with Crippen LogP contribution in [0.15, 0.2) is 31.0 Å². The summed E-state index contributed by atoms with van der Waals surface area (Å²) in [4.78, 5) is 22.8. The van der Waals surface area contributed by atoms with Crippen LogP contribution in [0.1, 0.15) is 35.3 Å². The number of hydrogen-bond donors (Lipinski definition) is 0. The zero-order chi connectivity index (χ0) is 14.7. The molecule has 1 atom stereocenters. The van der Waals surface area contributed by atoms with Crippen LogP contribution in [-0.2, 0) is 6.54 Å². The van der Waals surface area contributed by atoms with Crippen LogP contribution in [0.5, 0.6) is 0 Å². The molecule has 0 unspecified atom stereocenters. The minimum Gasteiger partial charge on any atom is -0.334 e. The summed E-state index contributed by atoms with van der Waals surface area (Å²) in [6, 6.07) is 2.09. The van der Waals surface area contributed by atoms with Gasteiger partial charge in [-0.3, -0.25) is 9.48 Å². The SMILES string of the molecule is Cc1ncncc1C(=O)N1CCCC[C@@H]1Cn1cccn1. The van der Waals surface area contributed by atoms with Crippen molar-refractivity contribution >= 4 is 5.91 Å². The molecular weight excluding hydrogens is 266 g/mol. The molecule has 1 aliphatic rings. The third-order valence-electron chi connectivity index (χ3n) is 3.99. The van der Waals surface area contributed by atoms with Crippen molar-refractivity contribution in [3.05, 3.63) is 42.2 Å². The number of likely N-dealkylation sites (tertiary alicyclic amines) is 1. The molecular formula is C15H19N5O. The number of carbonyl (C=O) groups is 1. The van der Waals surface area contributed by atoms with Crippen LogP contribution in [0.4, 0.5) is 0 Å². The van der Waals surface area contributed by atoms with Crippen LogP contribution < -0.4 is 0 Å². The molecule has 0 radical (unpaired) electrons. The van der Waals surface area contributed by atoms with Gasteiger partial charge in [0.05, 0.1) is 23.8 Å². The van der Waals surface area contributed by atoms with E-state index in [1.165, 1.54) is 6.33 Å². The largest absolute Gasteiger partial charge is 0.334 e. The molecule has 3 rings (SSSR count). The van der Waals surface area contributed by atoms with Gasteiger partial charge in [0, 0.05) is 25.1 Å². The van der Waals surface area contributed by atoms with E-state index in [0.717, 1.165) is 38.0 Å². The number of amides is 1. The summed E-state index contributed by atoms with van der Waals surface area (Å²) in [6.07, 6.45) is 10.0. The summed E-state index contributed by atoms with van der Waals surface area (Å²) in [7, 11) is 0. The van der Waals surface area contributed by atoms with Crippen LogP contribution >= 0.6 is 0 Å². The van der Waals surface area contributed by atoms with E-state index in [-0.39, 0.29) is 11.9 Å². The van der Waals surface area contributed by atoms with Gasteiger partial charge in [0.2, 0.25) is 0 Å². The molecule has 2 aromatic heterocycles. The Hall–Kier alpha value is -2.24. The number of nitrogens with zero attached hydrogens (tertiary/aromatic N) is 5. The van der Waals surface area contributed by atoms with E-state index in [1.54, 1.807) is 12.4 Å². The molecule has 0 aromatic carbocycles. The van der Waals surface area contributed by atoms with Gasteiger partial charge >= 0.3 is 0 Å². The van der Waals surface area contributed by atoms with Gasteiger partial charge in [-0.05, 0) is 32.3 Å². The average molecular weight is 285 g/mol. The van der Waals surface area contributed by atoms with E-state index >= 15 is 0 Å². The second kappa shape index (κ2) is 6.03. The molecule has 1 fully saturated rings. The topological polar surface area (TPSA) is 63.9 Å². The highest BCUT2D eigenvalue weighted by atomic mass is 16.2. The van der Waals surface area contributed by atoms with Crippen LogP contribution in [0.3, 0.4) is 0 Å². The Morgan fingerprint density at radius 1 is 1.43 bits per heavy atom. The van der Waals surface area contributed by atoms with E-state index in [2.05, 4.69) is 15.1 Å². The van der Waals surface area contributed by atoms with Gasteiger partial charge in [0.15, 0.2) is 0 Å².